The topological polar surface area (TPSA) is 110 Å². The van der Waals surface area contributed by atoms with Crippen molar-refractivity contribution in [1.29, 1.82) is 0 Å². The van der Waals surface area contributed by atoms with Crippen LogP contribution in [-0.4, -0.2) is 8.95 Å². The van der Waals surface area contributed by atoms with Gasteiger partial charge >= 0.3 is 52.9 Å². The first-order chi connectivity index (χ1) is 4.54. The van der Waals surface area contributed by atoms with E-state index in [0.29, 0.717) is 8.95 Å². The average Bonchev–Trinajstić information content (AvgIpc) is 2.04. The van der Waals surface area contributed by atoms with Crippen molar-refractivity contribution < 1.29 is 26.3 Å². The van der Waals surface area contributed by atoms with Crippen molar-refractivity contribution >= 4 is 8.95 Å². The van der Waals surface area contributed by atoms with E-state index in [2.05, 4.69) is 0 Å². The number of carbonyl (C=O) groups excluding carboxylic acids is 2. The SMILES string of the molecule is O=[C]=[Ru](=[O])(=[C]=O)([N]=O)[N]=O. The van der Waals surface area contributed by atoms with E-state index in [4.69, 9.17) is 0 Å². The predicted molar refractivity (Wildman–Crippen MR) is 23.7 cm³/mol. The molecule has 0 radical (unpaired) electrons. The Morgan fingerprint density at radius 2 is 1.30 bits per heavy atom. The molecule has 0 aliphatic rings. The zero-order valence-electron chi connectivity index (χ0n) is 4.29. The van der Waals surface area contributed by atoms with Crippen LogP contribution in [0, 0.1) is 9.81 Å². The van der Waals surface area contributed by atoms with Crippen molar-refractivity contribution in [3.8, 4) is 0 Å². The Kier molecular flexibility index (Phi) is 1.92. The van der Waals surface area contributed by atoms with Crippen molar-refractivity contribution in [2.45, 2.75) is 0 Å². The van der Waals surface area contributed by atoms with Crippen molar-refractivity contribution in [3.05, 3.63) is 9.81 Å². The van der Waals surface area contributed by atoms with E-state index < -0.39 is 13.1 Å². The Morgan fingerprint density at radius 1 is 1.00 bits per heavy atom. The van der Waals surface area contributed by atoms with Crippen LogP contribution in [0.1, 0.15) is 0 Å². The Hall–Kier alpha value is -1.22. The summed E-state index contributed by atoms with van der Waals surface area (Å²) in [5.41, 5.74) is 0. The minimum absolute atomic E-state index is 0.431. The second-order valence-electron chi connectivity index (χ2n) is 1.02. The molecule has 0 spiro atoms. The Morgan fingerprint density at radius 3 is 1.30 bits per heavy atom. The number of hydrogen-bond acceptors (Lipinski definition) is 5. The fourth-order valence-corrected chi connectivity index (χ4v) is 0.469. The first kappa shape index (κ1) is 8.78. The van der Waals surface area contributed by atoms with Gasteiger partial charge in [-0.2, -0.15) is 0 Å². The van der Waals surface area contributed by atoms with Crippen LogP contribution >= 0.6 is 0 Å². The van der Waals surface area contributed by atoms with Gasteiger partial charge in [-0.25, -0.2) is 0 Å². The zero-order valence-corrected chi connectivity index (χ0v) is 6.03. The third kappa shape index (κ3) is 1.04. The van der Waals surface area contributed by atoms with Crippen LogP contribution in [0.5, 0.6) is 0 Å². The summed E-state index contributed by atoms with van der Waals surface area (Å²) in [6.45, 7) is 0. The van der Waals surface area contributed by atoms with Crippen molar-refractivity contribution in [1.82, 2.24) is 0 Å². The van der Waals surface area contributed by atoms with Gasteiger partial charge in [-0.05, 0) is 0 Å². The van der Waals surface area contributed by atoms with E-state index in [0.717, 1.165) is 0 Å². The summed E-state index contributed by atoms with van der Waals surface area (Å²) in [4.78, 5) is 38.3. The molecule has 0 saturated heterocycles. The molecular weight excluding hydrogens is 233 g/mol. The molecule has 0 heterocycles. The van der Waals surface area contributed by atoms with Gasteiger partial charge in [-0.15, -0.1) is 0 Å². The zero-order chi connectivity index (χ0) is 8.28. The van der Waals surface area contributed by atoms with Gasteiger partial charge in [0.1, 0.15) is 0 Å². The van der Waals surface area contributed by atoms with E-state index in [-0.39, 0.29) is 0 Å². The minimum atomic E-state index is -6.38. The van der Waals surface area contributed by atoms with Crippen LogP contribution in [0.2, 0.25) is 0 Å². The monoisotopic (exact) mass is 234 g/mol. The van der Waals surface area contributed by atoms with E-state index in [9.17, 15) is 23.0 Å². The van der Waals surface area contributed by atoms with Crippen LogP contribution < -0.4 is 0 Å². The summed E-state index contributed by atoms with van der Waals surface area (Å²) >= 11 is -6.38. The van der Waals surface area contributed by atoms with Gasteiger partial charge in [0.2, 0.25) is 0 Å². The molecule has 0 aromatic rings. The number of nitroso groups, excluding NO2 is 2. The van der Waals surface area contributed by atoms with E-state index in [1.165, 1.54) is 0 Å². The van der Waals surface area contributed by atoms with Gasteiger partial charge in [-0.3, -0.25) is 0 Å². The Balaban J connectivity index is 6.76. The van der Waals surface area contributed by atoms with E-state index in [1.54, 1.807) is 7.84 Å². The van der Waals surface area contributed by atoms with Crippen molar-refractivity contribution in [3.63, 3.8) is 0 Å². The molecule has 10 heavy (non-hydrogen) atoms. The molecule has 0 unspecified atom stereocenters. The second kappa shape index (κ2) is 2.19. The first-order valence-corrected chi connectivity index (χ1v) is 5.59. The maximum atomic E-state index is 10.5. The molecule has 0 aliphatic carbocycles. The average molecular weight is 233 g/mol. The Bertz CT molecular complexity index is 396. The normalized spacial score (nSPS) is 13.4. The quantitative estimate of drug-likeness (QED) is 0.472. The van der Waals surface area contributed by atoms with Crippen LogP contribution in [0.25, 0.3) is 0 Å². The summed E-state index contributed by atoms with van der Waals surface area (Å²) in [5.74, 6) is 0. The van der Waals surface area contributed by atoms with Crippen LogP contribution in [-0.2, 0) is 26.3 Å². The summed E-state index contributed by atoms with van der Waals surface area (Å²) < 4.78 is 14.5. The molecule has 7 nitrogen and oxygen atoms in total. The molecule has 0 atom stereocenters. The molecule has 0 aromatic heterocycles. The fourth-order valence-electron chi connectivity index (χ4n) is 0.0792. The summed E-state index contributed by atoms with van der Waals surface area (Å²) in [7, 11) is 0. The molecule has 0 amide bonds. The number of nitrogens with zero attached hydrogens (tertiary/aromatic N) is 2. The molecule has 8 heteroatoms. The van der Waals surface area contributed by atoms with E-state index >= 15 is 0 Å². The molecule has 0 aromatic carbocycles. The molecule has 0 bridgehead atoms. The van der Waals surface area contributed by atoms with Gasteiger partial charge in [0.25, 0.3) is 0 Å². The van der Waals surface area contributed by atoms with Gasteiger partial charge in [0, 0.05) is 0 Å². The molecule has 0 aliphatic heterocycles. The molecule has 0 fully saturated rings. The second-order valence-corrected chi connectivity index (χ2v) is 6.05. The van der Waals surface area contributed by atoms with Crippen LogP contribution in [0.15, 0.2) is 7.84 Å². The van der Waals surface area contributed by atoms with Gasteiger partial charge < -0.3 is 0 Å². The molecular formula is C2N2O5Ru. The van der Waals surface area contributed by atoms with Crippen molar-refractivity contribution in [2.75, 3.05) is 0 Å². The third-order valence-electron chi connectivity index (χ3n) is 0.500. The number of rotatable bonds is 2. The molecule has 0 saturated carbocycles. The van der Waals surface area contributed by atoms with Crippen LogP contribution in [0.4, 0.5) is 0 Å². The standard InChI is InChI=1S/2CO.2NO.O.Ru/c4*1-2;;/q;;2*-1;;+2. The van der Waals surface area contributed by atoms with Crippen LogP contribution in [0.3, 0.4) is 0 Å². The fraction of sp³-hybridized carbons (Fsp3) is 0. The van der Waals surface area contributed by atoms with Crippen molar-refractivity contribution in [2.24, 2.45) is 7.84 Å². The summed E-state index contributed by atoms with van der Waals surface area (Å²) in [5, 5.41) is 0. The van der Waals surface area contributed by atoms with Gasteiger partial charge in [0.15, 0.2) is 0 Å². The summed E-state index contributed by atoms with van der Waals surface area (Å²) in [6, 6.07) is 0. The maximum absolute atomic E-state index is 10.5. The third-order valence-corrected chi connectivity index (χ3v) is 2.96. The van der Waals surface area contributed by atoms with E-state index in [1.807, 2.05) is 0 Å². The number of hydrogen-bond donors (Lipinski definition) is 0. The molecule has 0 N–H and O–H groups in total. The molecule has 56 valence electrons. The molecule has 0 rings (SSSR count). The Labute approximate surface area is 53.5 Å². The van der Waals surface area contributed by atoms with Gasteiger partial charge in [-0.1, -0.05) is 0 Å². The van der Waals surface area contributed by atoms with Gasteiger partial charge in [0.05, 0.1) is 0 Å². The summed E-state index contributed by atoms with van der Waals surface area (Å²) in [6.07, 6.45) is 0. The predicted octanol–water partition coefficient (Wildman–Crippen LogP) is -0.481. The first-order valence-electron chi connectivity index (χ1n) is 1.59.